The minimum absolute atomic E-state index is 0.0641. The van der Waals surface area contributed by atoms with Crippen LogP contribution in [0.25, 0.3) is 0 Å². The van der Waals surface area contributed by atoms with Gasteiger partial charge in [0.05, 0.1) is 7.11 Å². The first-order chi connectivity index (χ1) is 8.49. The van der Waals surface area contributed by atoms with Gasteiger partial charge in [-0.2, -0.15) is 0 Å². The van der Waals surface area contributed by atoms with Gasteiger partial charge in [0.1, 0.15) is 0 Å². The summed E-state index contributed by atoms with van der Waals surface area (Å²) in [4.78, 5) is 13.3. The number of halogens is 1. The second-order valence-corrected chi connectivity index (χ2v) is 5.02. The minimum atomic E-state index is -0.0678. The molecule has 0 heterocycles. The van der Waals surface area contributed by atoms with Gasteiger partial charge in [-0.3, -0.25) is 4.79 Å². The number of benzene rings is 1. The second kappa shape index (κ2) is 6.64. The first kappa shape index (κ1) is 14.8. The first-order valence-corrected chi connectivity index (χ1v) is 6.61. The van der Waals surface area contributed by atoms with E-state index >= 15 is 0 Å². The van der Waals surface area contributed by atoms with Gasteiger partial charge in [0.2, 0.25) is 0 Å². The maximum absolute atomic E-state index is 11.8. The molecule has 1 amide bonds. The number of methoxy groups -OCH3 is 1. The molecule has 0 N–H and O–H groups in total. The summed E-state index contributed by atoms with van der Waals surface area (Å²) >= 11 is 3.39. The molecular formula is C13H18BrNO3. The van der Waals surface area contributed by atoms with Crippen molar-refractivity contribution in [3.05, 3.63) is 23.8 Å². The molecule has 1 rings (SSSR count). The van der Waals surface area contributed by atoms with Crippen LogP contribution in [0.5, 0.6) is 11.5 Å². The molecule has 4 nitrogen and oxygen atoms in total. The van der Waals surface area contributed by atoms with E-state index in [1.165, 1.54) is 4.90 Å². The molecular weight excluding hydrogens is 298 g/mol. The van der Waals surface area contributed by atoms with Crippen LogP contribution in [0, 0.1) is 0 Å². The highest BCUT2D eigenvalue weighted by Gasteiger charge is 2.14. The van der Waals surface area contributed by atoms with E-state index in [0.717, 1.165) is 6.42 Å². The van der Waals surface area contributed by atoms with E-state index in [-0.39, 0.29) is 10.9 Å². The van der Waals surface area contributed by atoms with Gasteiger partial charge < -0.3 is 14.4 Å². The lowest BCUT2D eigenvalue weighted by Gasteiger charge is -2.16. The van der Waals surface area contributed by atoms with Crippen molar-refractivity contribution < 1.29 is 14.3 Å². The Labute approximate surface area is 116 Å². The fourth-order valence-electron chi connectivity index (χ4n) is 1.38. The zero-order valence-electron chi connectivity index (χ0n) is 11.1. The molecule has 18 heavy (non-hydrogen) atoms. The Morgan fingerprint density at radius 1 is 1.39 bits per heavy atom. The second-order valence-electron chi connectivity index (χ2n) is 4.00. The molecule has 0 radical (unpaired) electrons. The summed E-state index contributed by atoms with van der Waals surface area (Å²) in [6.45, 7) is 2.01. The van der Waals surface area contributed by atoms with Gasteiger partial charge in [0.25, 0.3) is 5.91 Å². The lowest BCUT2D eigenvalue weighted by molar-refractivity contribution is 0.0827. The van der Waals surface area contributed by atoms with Crippen LogP contribution in [0.4, 0.5) is 0 Å². The normalized spacial score (nSPS) is 11.8. The van der Waals surface area contributed by atoms with Gasteiger partial charge in [-0.05, 0) is 40.5 Å². The number of amides is 1. The third-order valence-electron chi connectivity index (χ3n) is 2.39. The molecule has 0 aliphatic carbocycles. The fraction of sp³-hybridized carbons (Fsp3) is 0.462. The molecule has 100 valence electrons. The first-order valence-electron chi connectivity index (χ1n) is 5.70. The lowest BCUT2D eigenvalue weighted by Crippen LogP contribution is -2.21. The lowest BCUT2D eigenvalue weighted by atomic mass is 10.2. The molecule has 5 heteroatoms. The highest BCUT2D eigenvalue weighted by atomic mass is 79.9. The summed E-state index contributed by atoms with van der Waals surface area (Å²) in [7, 11) is 4.98. The molecule has 0 aliphatic rings. The number of alkyl halides is 1. The van der Waals surface area contributed by atoms with Crippen molar-refractivity contribution in [3.8, 4) is 11.5 Å². The summed E-state index contributed by atoms with van der Waals surface area (Å²) in [5, 5.41) is -0.0678. The molecule has 0 aromatic heterocycles. The van der Waals surface area contributed by atoms with Crippen LogP contribution in [-0.2, 0) is 0 Å². The van der Waals surface area contributed by atoms with E-state index in [4.69, 9.17) is 9.47 Å². The Morgan fingerprint density at radius 3 is 2.56 bits per heavy atom. The fourth-order valence-corrected chi connectivity index (χ4v) is 1.58. The SMILES string of the molecule is CCC(Br)Oc1ccc(C(=O)N(C)C)cc1OC. The van der Waals surface area contributed by atoms with E-state index < -0.39 is 0 Å². The number of hydrogen-bond acceptors (Lipinski definition) is 3. The van der Waals surface area contributed by atoms with Gasteiger partial charge in [-0.25, -0.2) is 0 Å². The number of nitrogens with zero attached hydrogens (tertiary/aromatic N) is 1. The van der Waals surface area contributed by atoms with Gasteiger partial charge in [-0.1, -0.05) is 6.92 Å². The van der Waals surface area contributed by atoms with Crippen molar-refractivity contribution in [3.63, 3.8) is 0 Å². The summed E-state index contributed by atoms with van der Waals surface area (Å²) in [5.41, 5.74) is 0.576. The summed E-state index contributed by atoms with van der Waals surface area (Å²) < 4.78 is 10.9. The number of rotatable bonds is 5. The van der Waals surface area contributed by atoms with Crippen LogP contribution < -0.4 is 9.47 Å². The Bertz CT molecular complexity index is 421. The Balaban J connectivity index is 3.00. The highest BCUT2D eigenvalue weighted by molar-refractivity contribution is 9.09. The van der Waals surface area contributed by atoms with Crippen molar-refractivity contribution in [2.24, 2.45) is 0 Å². The maximum Gasteiger partial charge on any atom is 0.253 e. The van der Waals surface area contributed by atoms with Gasteiger partial charge >= 0.3 is 0 Å². The van der Waals surface area contributed by atoms with Crippen molar-refractivity contribution in [2.45, 2.75) is 18.4 Å². The average Bonchev–Trinajstić information content (AvgIpc) is 2.37. The van der Waals surface area contributed by atoms with E-state index in [9.17, 15) is 4.79 Å². The number of ether oxygens (including phenoxy) is 2. The molecule has 1 atom stereocenters. The summed E-state index contributed by atoms with van der Waals surface area (Å²) in [5.74, 6) is 1.11. The van der Waals surface area contributed by atoms with E-state index in [1.54, 1.807) is 39.4 Å². The molecule has 1 aromatic carbocycles. The molecule has 1 unspecified atom stereocenters. The maximum atomic E-state index is 11.8. The quantitative estimate of drug-likeness (QED) is 0.784. The zero-order valence-corrected chi connectivity index (χ0v) is 12.7. The van der Waals surface area contributed by atoms with Gasteiger partial charge in [0, 0.05) is 19.7 Å². The van der Waals surface area contributed by atoms with Crippen LogP contribution in [0.1, 0.15) is 23.7 Å². The van der Waals surface area contributed by atoms with Crippen LogP contribution in [0.15, 0.2) is 18.2 Å². The average molecular weight is 316 g/mol. The van der Waals surface area contributed by atoms with Crippen molar-refractivity contribution >= 4 is 21.8 Å². The molecule has 0 saturated carbocycles. The van der Waals surface area contributed by atoms with Crippen LogP contribution in [-0.4, -0.2) is 37.0 Å². The third-order valence-corrected chi connectivity index (χ3v) is 3.23. The minimum Gasteiger partial charge on any atom is -0.493 e. The molecule has 1 aromatic rings. The standard InChI is InChI=1S/C13H18BrNO3/c1-5-12(14)18-10-7-6-9(8-11(10)17-4)13(16)15(2)3/h6-8,12H,5H2,1-4H3. The summed E-state index contributed by atoms with van der Waals surface area (Å²) in [6, 6.07) is 5.17. The predicted molar refractivity (Wildman–Crippen MR) is 74.6 cm³/mol. The van der Waals surface area contributed by atoms with Crippen LogP contribution in [0.2, 0.25) is 0 Å². The molecule has 0 bridgehead atoms. The number of carbonyl (C=O) groups excluding carboxylic acids is 1. The highest BCUT2D eigenvalue weighted by Crippen LogP contribution is 2.30. The molecule has 0 aliphatic heterocycles. The smallest absolute Gasteiger partial charge is 0.253 e. The van der Waals surface area contributed by atoms with Crippen LogP contribution >= 0.6 is 15.9 Å². The zero-order chi connectivity index (χ0) is 13.7. The largest absolute Gasteiger partial charge is 0.493 e. The molecule has 0 spiro atoms. The molecule has 0 saturated heterocycles. The van der Waals surface area contributed by atoms with Gasteiger partial charge in [-0.15, -0.1) is 0 Å². The Hall–Kier alpha value is -1.23. The van der Waals surface area contributed by atoms with Crippen molar-refractivity contribution in [1.29, 1.82) is 0 Å². The van der Waals surface area contributed by atoms with Gasteiger partial charge in [0.15, 0.2) is 16.5 Å². The molecule has 0 fully saturated rings. The monoisotopic (exact) mass is 315 g/mol. The van der Waals surface area contributed by atoms with Crippen LogP contribution in [0.3, 0.4) is 0 Å². The Kier molecular flexibility index (Phi) is 5.47. The predicted octanol–water partition coefficient (Wildman–Crippen LogP) is 2.91. The number of hydrogen-bond donors (Lipinski definition) is 0. The van der Waals surface area contributed by atoms with E-state index in [2.05, 4.69) is 15.9 Å². The number of carbonyl (C=O) groups is 1. The summed E-state index contributed by atoms with van der Waals surface area (Å²) in [6.07, 6.45) is 0.835. The van der Waals surface area contributed by atoms with E-state index in [1.807, 2.05) is 6.92 Å². The topological polar surface area (TPSA) is 38.8 Å². The van der Waals surface area contributed by atoms with Crippen molar-refractivity contribution in [1.82, 2.24) is 4.90 Å². The van der Waals surface area contributed by atoms with E-state index in [0.29, 0.717) is 17.1 Å². The Morgan fingerprint density at radius 2 is 2.06 bits per heavy atom. The van der Waals surface area contributed by atoms with Crippen molar-refractivity contribution in [2.75, 3.05) is 21.2 Å². The third kappa shape index (κ3) is 3.63.